The number of oxazole rings is 1. The number of nitrogens with zero attached hydrogens (tertiary/aromatic N) is 5. The highest BCUT2D eigenvalue weighted by Gasteiger charge is 2.23. The molecule has 0 radical (unpaired) electrons. The van der Waals surface area contributed by atoms with Crippen LogP contribution in [0.2, 0.25) is 0 Å². The first-order valence-electron chi connectivity index (χ1n) is 9.97. The Hall–Kier alpha value is -2.03. The van der Waals surface area contributed by atoms with Gasteiger partial charge in [-0.3, -0.25) is 4.99 Å². The minimum absolute atomic E-state index is 0.515. The molecule has 1 aliphatic rings. The summed E-state index contributed by atoms with van der Waals surface area (Å²) in [6, 6.07) is 0.572. The fourth-order valence-electron chi connectivity index (χ4n) is 3.59. The Morgan fingerprint density at radius 3 is 2.68 bits per heavy atom. The molecule has 8 nitrogen and oxygen atoms in total. The molecule has 0 unspecified atom stereocenters. The topological polar surface area (TPSA) is 93.2 Å². The van der Waals surface area contributed by atoms with Crippen LogP contribution in [-0.2, 0) is 13.0 Å². The van der Waals surface area contributed by atoms with Crippen LogP contribution in [0.5, 0.6) is 0 Å². The molecule has 2 aromatic heterocycles. The molecule has 28 heavy (non-hydrogen) atoms. The van der Waals surface area contributed by atoms with Crippen molar-refractivity contribution in [1.82, 2.24) is 30.4 Å². The third-order valence-electron chi connectivity index (χ3n) is 5.18. The van der Waals surface area contributed by atoms with Gasteiger partial charge >= 0.3 is 0 Å². The van der Waals surface area contributed by atoms with Gasteiger partial charge in [-0.25, -0.2) is 4.98 Å². The number of aromatic nitrogens is 4. The monoisotopic (exact) mass is 405 g/mol. The van der Waals surface area contributed by atoms with Crippen LogP contribution in [0.15, 0.2) is 14.6 Å². The van der Waals surface area contributed by atoms with Crippen molar-refractivity contribution in [2.45, 2.75) is 70.1 Å². The number of hydrogen-bond donors (Lipinski definition) is 2. The zero-order valence-corrected chi connectivity index (χ0v) is 18.1. The summed E-state index contributed by atoms with van der Waals surface area (Å²) >= 11 is 1.69. The first-order valence-corrected chi connectivity index (χ1v) is 11.2. The molecule has 0 aliphatic heterocycles. The predicted octanol–water partition coefficient (Wildman–Crippen LogP) is 3.02. The van der Waals surface area contributed by atoms with Crippen molar-refractivity contribution >= 4 is 17.7 Å². The minimum atomic E-state index is 0.515. The zero-order chi connectivity index (χ0) is 19.9. The number of guanidine groups is 1. The maximum atomic E-state index is 5.59. The Bertz CT molecular complexity index is 773. The molecule has 154 valence electrons. The van der Waals surface area contributed by atoms with Gasteiger partial charge in [0, 0.05) is 26.1 Å². The normalized spacial score (nSPS) is 15.4. The highest BCUT2D eigenvalue weighted by atomic mass is 32.2. The highest BCUT2D eigenvalue weighted by Crippen LogP contribution is 2.33. The van der Waals surface area contributed by atoms with Crippen LogP contribution in [0.3, 0.4) is 0 Å². The maximum absolute atomic E-state index is 5.59. The SMILES string of the molecule is CN=C(NCCCc1nnc(SC)n1C1CCCC1)NCc1nc(C)c(C)o1. The van der Waals surface area contributed by atoms with Gasteiger partial charge in [-0.1, -0.05) is 24.6 Å². The van der Waals surface area contributed by atoms with Crippen LogP contribution >= 0.6 is 11.8 Å². The molecular formula is C19H31N7OS. The van der Waals surface area contributed by atoms with E-state index in [4.69, 9.17) is 4.42 Å². The molecule has 0 saturated heterocycles. The molecule has 2 N–H and O–H groups in total. The summed E-state index contributed by atoms with van der Waals surface area (Å²) in [5, 5.41) is 16.5. The lowest BCUT2D eigenvalue weighted by Crippen LogP contribution is -2.37. The summed E-state index contributed by atoms with van der Waals surface area (Å²) in [5.74, 6) is 3.38. The minimum Gasteiger partial charge on any atom is -0.444 e. The Kier molecular flexibility index (Phi) is 7.36. The molecule has 1 fully saturated rings. The molecule has 1 aliphatic carbocycles. The van der Waals surface area contributed by atoms with Crippen LogP contribution in [0.25, 0.3) is 0 Å². The zero-order valence-electron chi connectivity index (χ0n) is 17.3. The molecule has 0 amide bonds. The summed E-state index contributed by atoms with van der Waals surface area (Å²) in [5.41, 5.74) is 0.927. The van der Waals surface area contributed by atoms with Crippen LogP contribution < -0.4 is 10.6 Å². The number of rotatable bonds is 8. The van der Waals surface area contributed by atoms with Gasteiger partial charge in [0.1, 0.15) is 11.6 Å². The Morgan fingerprint density at radius 1 is 1.25 bits per heavy atom. The Balaban J connectivity index is 1.46. The fourth-order valence-corrected chi connectivity index (χ4v) is 4.17. The van der Waals surface area contributed by atoms with Crippen LogP contribution in [0.1, 0.15) is 61.3 Å². The van der Waals surface area contributed by atoms with Crippen LogP contribution in [0.4, 0.5) is 0 Å². The molecule has 0 spiro atoms. The van der Waals surface area contributed by atoms with Crippen molar-refractivity contribution in [3.05, 3.63) is 23.2 Å². The Labute approximate surface area is 171 Å². The van der Waals surface area contributed by atoms with Gasteiger partial charge in [-0.05, 0) is 39.4 Å². The quantitative estimate of drug-likeness (QED) is 0.302. The van der Waals surface area contributed by atoms with E-state index in [9.17, 15) is 0 Å². The van der Waals surface area contributed by atoms with E-state index in [1.165, 1.54) is 25.7 Å². The van der Waals surface area contributed by atoms with Crippen LogP contribution in [-0.4, -0.2) is 45.6 Å². The summed E-state index contributed by atoms with van der Waals surface area (Å²) < 4.78 is 7.96. The van der Waals surface area contributed by atoms with Gasteiger partial charge in [0.15, 0.2) is 11.1 Å². The smallest absolute Gasteiger partial charge is 0.214 e. The van der Waals surface area contributed by atoms with E-state index >= 15 is 0 Å². The van der Waals surface area contributed by atoms with E-state index in [0.717, 1.165) is 47.8 Å². The first-order chi connectivity index (χ1) is 13.6. The number of aryl methyl sites for hydroxylation is 3. The lowest BCUT2D eigenvalue weighted by atomic mass is 10.2. The molecule has 3 rings (SSSR count). The molecule has 2 heterocycles. The molecule has 2 aromatic rings. The molecule has 0 aromatic carbocycles. The maximum Gasteiger partial charge on any atom is 0.214 e. The van der Waals surface area contributed by atoms with Gasteiger partial charge in [-0.15, -0.1) is 10.2 Å². The lowest BCUT2D eigenvalue weighted by molar-refractivity contribution is 0.459. The van der Waals surface area contributed by atoms with Crippen molar-refractivity contribution in [2.75, 3.05) is 19.8 Å². The molecule has 0 bridgehead atoms. The third-order valence-corrected chi connectivity index (χ3v) is 5.82. The van der Waals surface area contributed by atoms with E-state index in [2.05, 4.69) is 41.6 Å². The fraction of sp³-hybridized carbons (Fsp3) is 0.684. The predicted molar refractivity (Wildman–Crippen MR) is 112 cm³/mol. The van der Waals surface area contributed by atoms with Crippen molar-refractivity contribution in [2.24, 2.45) is 4.99 Å². The highest BCUT2D eigenvalue weighted by molar-refractivity contribution is 7.98. The third kappa shape index (κ3) is 5.06. The number of hydrogen-bond acceptors (Lipinski definition) is 6. The van der Waals surface area contributed by atoms with Crippen molar-refractivity contribution < 1.29 is 4.42 Å². The number of nitrogens with one attached hydrogen (secondary N) is 2. The van der Waals surface area contributed by atoms with Gasteiger partial charge in [-0.2, -0.15) is 0 Å². The lowest BCUT2D eigenvalue weighted by Gasteiger charge is -2.16. The van der Waals surface area contributed by atoms with Gasteiger partial charge in [0.25, 0.3) is 0 Å². The second-order valence-electron chi connectivity index (χ2n) is 7.12. The summed E-state index contributed by atoms with van der Waals surface area (Å²) in [4.78, 5) is 8.64. The van der Waals surface area contributed by atoms with E-state index < -0.39 is 0 Å². The molecular weight excluding hydrogens is 374 g/mol. The Morgan fingerprint density at radius 2 is 2.04 bits per heavy atom. The average Bonchev–Trinajstić information content (AvgIpc) is 3.41. The van der Waals surface area contributed by atoms with Crippen molar-refractivity contribution in [3.63, 3.8) is 0 Å². The molecule has 0 atom stereocenters. The van der Waals surface area contributed by atoms with E-state index in [-0.39, 0.29) is 0 Å². The van der Waals surface area contributed by atoms with E-state index in [0.29, 0.717) is 18.5 Å². The molecule has 9 heteroatoms. The first kappa shape index (κ1) is 20.7. The summed E-state index contributed by atoms with van der Waals surface area (Å²) in [6.45, 7) is 5.20. The van der Waals surface area contributed by atoms with Gasteiger partial charge in [0.05, 0.1) is 12.2 Å². The largest absolute Gasteiger partial charge is 0.444 e. The van der Waals surface area contributed by atoms with Gasteiger partial charge < -0.3 is 19.6 Å². The average molecular weight is 406 g/mol. The second-order valence-corrected chi connectivity index (χ2v) is 7.89. The van der Waals surface area contributed by atoms with Crippen LogP contribution in [0, 0.1) is 13.8 Å². The van der Waals surface area contributed by atoms with Crippen molar-refractivity contribution in [1.29, 1.82) is 0 Å². The summed E-state index contributed by atoms with van der Waals surface area (Å²) in [6.07, 6.45) is 9.06. The standard InChI is InChI=1S/C19H31N7OS/c1-13-14(2)27-17(23-13)12-22-18(20-3)21-11-7-10-16-24-25-19(28-4)26(16)15-8-5-6-9-15/h15H,5-12H2,1-4H3,(H2,20,21,22). The van der Waals surface area contributed by atoms with E-state index in [1.54, 1.807) is 18.8 Å². The molecule has 1 saturated carbocycles. The van der Waals surface area contributed by atoms with Crippen molar-refractivity contribution in [3.8, 4) is 0 Å². The summed E-state index contributed by atoms with van der Waals surface area (Å²) in [7, 11) is 1.77. The number of thioether (sulfide) groups is 1. The number of aliphatic imine (C=N–C) groups is 1. The second kappa shape index (κ2) is 9.95. The van der Waals surface area contributed by atoms with Gasteiger partial charge in [0.2, 0.25) is 5.89 Å². The van der Waals surface area contributed by atoms with E-state index in [1.807, 2.05) is 13.8 Å².